The molecule has 2 N–H and O–H groups in total. The Morgan fingerprint density at radius 1 is 1.17 bits per heavy atom. The number of rotatable bonds is 3. The van der Waals surface area contributed by atoms with Gasteiger partial charge in [-0.1, -0.05) is 11.6 Å². The number of benzene rings is 1. The molecule has 0 saturated heterocycles. The summed E-state index contributed by atoms with van der Waals surface area (Å²) in [5.74, 6) is 1.19. The maximum Gasteiger partial charge on any atom is 0.226 e. The lowest BCUT2D eigenvalue weighted by molar-refractivity contribution is 0.747. The van der Waals surface area contributed by atoms with Crippen LogP contribution in [0.3, 0.4) is 0 Å². The lowest BCUT2D eigenvalue weighted by Crippen LogP contribution is -2.00. The van der Waals surface area contributed by atoms with Gasteiger partial charge in [0.05, 0.1) is 28.1 Å². The first-order chi connectivity index (χ1) is 11.5. The van der Waals surface area contributed by atoms with E-state index in [1.807, 2.05) is 39.2 Å². The van der Waals surface area contributed by atoms with Crippen molar-refractivity contribution in [3.05, 3.63) is 35.1 Å². The molecule has 0 aliphatic carbocycles. The van der Waals surface area contributed by atoms with Gasteiger partial charge >= 0.3 is 0 Å². The second-order valence-electron chi connectivity index (χ2n) is 5.56. The van der Waals surface area contributed by atoms with Gasteiger partial charge in [-0.05, 0) is 25.1 Å². The highest BCUT2D eigenvalue weighted by Gasteiger charge is 2.15. The number of aryl methyl sites for hydroxylation is 3. The zero-order valence-corrected chi connectivity index (χ0v) is 14.1. The first-order valence-corrected chi connectivity index (χ1v) is 7.71. The standard InChI is InChI=1S/C15H15ClN8/c1-8-6-12(23(2)21-8)14-19-15(24(3)22-14)18-11-5-4-10-9(13(11)16)7-17-20-10/h4-7H,1-3H3,(H,17,20)(H,18,19,22). The van der Waals surface area contributed by atoms with E-state index in [2.05, 4.69) is 30.7 Å². The van der Waals surface area contributed by atoms with Crippen LogP contribution in [0.4, 0.5) is 11.6 Å². The van der Waals surface area contributed by atoms with Crippen LogP contribution in [-0.4, -0.2) is 34.7 Å². The molecule has 4 rings (SSSR count). The summed E-state index contributed by atoms with van der Waals surface area (Å²) >= 11 is 6.44. The van der Waals surface area contributed by atoms with E-state index in [-0.39, 0.29) is 0 Å². The van der Waals surface area contributed by atoms with E-state index in [0.717, 1.165) is 28.0 Å². The van der Waals surface area contributed by atoms with Crippen molar-refractivity contribution in [1.82, 2.24) is 34.7 Å². The van der Waals surface area contributed by atoms with Gasteiger partial charge in [-0.15, -0.1) is 5.10 Å². The maximum absolute atomic E-state index is 6.44. The zero-order valence-electron chi connectivity index (χ0n) is 13.4. The molecule has 0 amide bonds. The first-order valence-electron chi connectivity index (χ1n) is 7.33. The Morgan fingerprint density at radius 2 is 2.00 bits per heavy atom. The second-order valence-corrected chi connectivity index (χ2v) is 5.94. The molecule has 0 spiro atoms. The number of anilines is 2. The minimum absolute atomic E-state index is 0.585. The molecule has 3 heterocycles. The van der Waals surface area contributed by atoms with Gasteiger partial charge in [0, 0.05) is 19.5 Å². The quantitative estimate of drug-likeness (QED) is 0.597. The van der Waals surface area contributed by atoms with Crippen molar-refractivity contribution in [2.45, 2.75) is 6.92 Å². The number of H-pyrrole nitrogens is 1. The van der Waals surface area contributed by atoms with Gasteiger partial charge in [0.1, 0.15) is 5.69 Å². The smallest absolute Gasteiger partial charge is 0.226 e. The summed E-state index contributed by atoms with van der Waals surface area (Å²) in [4.78, 5) is 4.56. The van der Waals surface area contributed by atoms with Gasteiger partial charge < -0.3 is 5.32 Å². The highest BCUT2D eigenvalue weighted by Crippen LogP contribution is 2.31. The van der Waals surface area contributed by atoms with E-state index in [0.29, 0.717) is 16.8 Å². The number of aromatic amines is 1. The van der Waals surface area contributed by atoms with Crippen molar-refractivity contribution in [1.29, 1.82) is 0 Å². The summed E-state index contributed by atoms with van der Waals surface area (Å²) in [6.07, 6.45) is 1.70. The SMILES string of the molecule is Cc1cc(-c2nc(Nc3ccc4[nH]ncc4c3Cl)n(C)n2)n(C)n1. The van der Waals surface area contributed by atoms with Crippen LogP contribution >= 0.6 is 11.6 Å². The Balaban J connectivity index is 1.72. The summed E-state index contributed by atoms with van der Waals surface area (Å²) < 4.78 is 3.44. The largest absolute Gasteiger partial charge is 0.323 e. The summed E-state index contributed by atoms with van der Waals surface area (Å²) in [6.45, 7) is 1.94. The molecule has 122 valence electrons. The Kier molecular flexibility index (Phi) is 3.27. The topological polar surface area (TPSA) is 89.2 Å². The lowest BCUT2D eigenvalue weighted by atomic mass is 10.2. The summed E-state index contributed by atoms with van der Waals surface area (Å²) in [6, 6.07) is 5.74. The highest BCUT2D eigenvalue weighted by atomic mass is 35.5. The molecule has 0 aliphatic heterocycles. The molecule has 0 saturated carbocycles. The van der Waals surface area contributed by atoms with Crippen molar-refractivity contribution in [3.8, 4) is 11.5 Å². The monoisotopic (exact) mass is 342 g/mol. The zero-order chi connectivity index (χ0) is 16.8. The number of halogens is 1. The number of hydrogen-bond acceptors (Lipinski definition) is 5. The molecule has 0 bridgehead atoms. The molecule has 0 aliphatic rings. The van der Waals surface area contributed by atoms with Gasteiger partial charge in [-0.25, -0.2) is 4.68 Å². The Bertz CT molecular complexity index is 1040. The highest BCUT2D eigenvalue weighted by molar-refractivity contribution is 6.38. The van der Waals surface area contributed by atoms with Crippen LogP contribution in [0.1, 0.15) is 5.69 Å². The van der Waals surface area contributed by atoms with Crippen LogP contribution in [0.25, 0.3) is 22.4 Å². The van der Waals surface area contributed by atoms with E-state index in [1.165, 1.54) is 0 Å². The fourth-order valence-corrected chi connectivity index (χ4v) is 2.88. The van der Waals surface area contributed by atoms with Crippen molar-refractivity contribution >= 4 is 34.1 Å². The van der Waals surface area contributed by atoms with E-state index < -0.39 is 0 Å². The van der Waals surface area contributed by atoms with E-state index >= 15 is 0 Å². The minimum Gasteiger partial charge on any atom is -0.323 e. The molecular formula is C15H15ClN8. The van der Waals surface area contributed by atoms with Gasteiger partial charge in [0.25, 0.3) is 0 Å². The van der Waals surface area contributed by atoms with Crippen LogP contribution in [0.2, 0.25) is 5.02 Å². The van der Waals surface area contributed by atoms with Crippen molar-refractivity contribution in [3.63, 3.8) is 0 Å². The molecule has 4 aromatic rings. The van der Waals surface area contributed by atoms with Crippen LogP contribution in [0, 0.1) is 6.92 Å². The van der Waals surface area contributed by atoms with Crippen LogP contribution < -0.4 is 5.32 Å². The molecule has 24 heavy (non-hydrogen) atoms. The average Bonchev–Trinajstić information content (AvgIpc) is 3.22. The number of fused-ring (bicyclic) bond motifs is 1. The predicted octanol–water partition coefficient (Wildman–Crippen LogP) is 2.80. The molecule has 1 aromatic carbocycles. The fourth-order valence-electron chi connectivity index (χ4n) is 2.62. The Hall–Kier alpha value is -2.87. The summed E-state index contributed by atoms with van der Waals surface area (Å²) in [5, 5.41) is 20.3. The molecule has 0 unspecified atom stereocenters. The van der Waals surface area contributed by atoms with Crippen LogP contribution in [0.15, 0.2) is 24.4 Å². The molecule has 8 nitrogen and oxygen atoms in total. The second kappa shape index (κ2) is 5.34. The normalized spacial score (nSPS) is 11.3. The fraction of sp³-hybridized carbons (Fsp3) is 0.200. The average molecular weight is 343 g/mol. The molecule has 9 heteroatoms. The number of aromatic nitrogens is 7. The van der Waals surface area contributed by atoms with Gasteiger partial charge in [0.15, 0.2) is 0 Å². The van der Waals surface area contributed by atoms with E-state index in [1.54, 1.807) is 15.6 Å². The first kappa shape index (κ1) is 14.7. The predicted molar refractivity (Wildman–Crippen MR) is 92.3 cm³/mol. The lowest BCUT2D eigenvalue weighted by Gasteiger charge is -2.07. The molecule has 0 fully saturated rings. The van der Waals surface area contributed by atoms with Crippen LogP contribution in [0.5, 0.6) is 0 Å². The Morgan fingerprint density at radius 3 is 2.75 bits per heavy atom. The van der Waals surface area contributed by atoms with Crippen molar-refractivity contribution < 1.29 is 0 Å². The summed E-state index contributed by atoms with van der Waals surface area (Å²) in [5.41, 5.74) is 3.40. The van der Waals surface area contributed by atoms with Gasteiger partial charge in [0.2, 0.25) is 11.8 Å². The third-order valence-corrected chi connectivity index (χ3v) is 4.21. The minimum atomic E-state index is 0.585. The third-order valence-electron chi connectivity index (χ3n) is 3.80. The Labute approximate surface area is 142 Å². The van der Waals surface area contributed by atoms with Crippen LogP contribution in [-0.2, 0) is 14.1 Å². The molecular weight excluding hydrogens is 328 g/mol. The van der Waals surface area contributed by atoms with Crippen molar-refractivity contribution in [2.75, 3.05) is 5.32 Å². The number of nitrogens with one attached hydrogen (secondary N) is 2. The van der Waals surface area contributed by atoms with Gasteiger partial charge in [-0.3, -0.25) is 9.78 Å². The number of nitrogens with zero attached hydrogens (tertiary/aromatic N) is 6. The maximum atomic E-state index is 6.44. The molecule has 0 atom stereocenters. The van der Waals surface area contributed by atoms with E-state index in [9.17, 15) is 0 Å². The number of hydrogen-bond donors (Lipinski definition) is 2. The summed E-state index contributed by atoms with van der Waals surface area (Å²) in [7, 11) is 3.70. The molecule has 0 radical (unpaired) electrons. The third kappa shape index (κ3) is 2.31. The van der Waals surface area contributed by atoms with E-state index in [4.69, 9.17) is 11.6 Å². The molecule has 3 aromatic heterocycles. The van der Waals surface area contributed by atoms with Gasteiger partial charge in [-0.2, -0.15) is 15.2 Å². The van der Waals surface area contributed by atoms with Crippen molar-refractivity contribution in [2.24, 2.45) is 14.1 Å².